The van der Waals surface area contributed by atoms with Crippen LogP contribution in [0, 0.1) is 23.7 Å². The van der Waals surface area contributed by atoms with E-state index in [4.69, 9.17) is 0 Å². The molecule has 0 bridgehead atoms. The maximum Gasteiger partial charge on any atom is 0.0749 e. The lowest BCUT2D eigenvalue weighted by Crippen LogP contribution is -2.19. The minimum absolute atomic E-state index is 0.215. The van der Waals surface area contributed by atoms with Crippen LogP contribution in [0.15, 0.2) is 23.8 Å². The van der Waals surface area contributed by atoms with Crippen molar-refractivity contribution in [3.8, 4) is 0 Å². The zero-order valence-corrected chi connectivity index (χ0v) is 17.3. The van der Waals surface area contributed by atoms with E-state index in [-0.39, 0.29) is 18.1 Å². The Morgan fingerprint density at radius 1 is 1.23 bits per heavy atom. The highest BCUT2D eigenvalue weighted by Crippen LogP contribution is 2.50. The zero-order chi connectivity index (χ0) is 18.5. The van der Waals surface area contributed by atoms with Crippen molar-refractivity contribution in [1.29, 1.82) is 0 Å². The summed E-state index contributed by atoms with van der Waals surface area (Å²) in [7, 11) is 4.25. The van der Waals surface area contributed by atoms with Crippen molar-refractivity contribution in [3.63, 3.8) is 0 Å². The van der Waals surface area contributed by atoms with Crippen molar-refractivity contribution < 1.29 is 10.2 Å². The normalized spacial score (nSPS) is 35.2. The average Bonchev–Trinajstić information content (AvgIpc) is 3.29. The maximum absolute atomic E-state index is 10.5. The average molecular weight is 380 g/mol. The van der Waals surface area contributed by atoms with Gasteiger partial charge in [0.25, 0.3) is 0 Å². The Labute approximate surface area is 163 Å². The fourth-order valence-corrected chi connectivity index (χ4v) is 6.16. The largest absolute Gasteiger partial charge is 0.392 e. The summed E-state index contributed by atoms with van der Waals surface area (Å²) in [5.41, 5.74) is 1.60. The monoisotopic (exact) mass is 379 g/mol. The van der Waals surface area contributed by atoms with Gasteiger partial charge in [0.2, 0.25) is 0 Å². The quantitative estimate of drug-likeness (QED) is 0.498. The van der Waals surface area contributed by atoms with Crippen LogP contribution < -0.4 is 0 Å². The first kappa shape index (κ1) is 20.4. The number of hydrogen-bond acceptors (Lipinski definition) is 4. The Hall–Kier alpha value is -0.290. The molecule has 26 heavy (non-hydrogen) atoms. The van der Waals surface area contributed by atoms with Crippen LogP contribution in [-0.4, -0.2) is 59.5 Å². The molecule has 4 heteroatoms. The van der Waals surface area contributed by atoms with Crippen LogP contribution in [0.2, 0.25) is 0 Å². The number of hydrogen-bond donors (Lipinski definition) is 2. The molecular weight excluding hydrogens is 342 g/mol. The van der Waals surface area contributed by atoms with Gasteiger partial charge in [-0.15, -0.1) is 0 Å². The van der Waals surface area contributed by atoms with Crippen molar-refractivity contribution in [1.82, 2.24) is 4.90 Å². The molecule has 0 amide bonds. The molecule has 148 valence electrons. The molecule has 3 nitrogen and oxygen atoms in total. The lowest BCUT2D eigenvalue weighted by atomic mass is 9.89. The first-order valence-corrected chi connectivity index (χ1v) is 11.6. The SMILES string of the molecule is CN(C)CCSCC=C1C[C@H]2C[C@@H](O)[C@H](C=C[C@@H](O)C3CCCC3)[C@H]2C1. The van der Waals surface area contributed by atoms with Crippen LogP contribution in [0.4, 0.5) is 0 Å². The zero-order valence-electron chi connectivity index (χ0n) is 16.5. The van der Waals surface area contributed by atoms with E-state index in [2.05, 4.69) is 31.1 Å². The van der Waals surface area contributed by atoms with Gasteiger partial charge in [-0.25, -0.2) is 0 Å². The number of fused-ring (bicyclic) bond motifs is 1. The third-order valence-electron chi connectivity index (χ3n) is 6.70. The number of nitrogens with zero attached hydrogens (tertiary/aromatic N) is 1. The number of aliphatic hydroxyl groups is 2. The predicted molar refractivity (Wildman–Crippen MR) is 111 cm³/mol. The molecule has 0 spiro atoms. The van der Waals surface area contributed by atoms with Crippen LogP contribution in [-0.2, 0) is 0 Å². The molecule has 0 aliphatic heterocycles. The summed E-state index contributed by atoms with van der Waals surface area (Å²) < 4.78 is 0. The van der Waals surface area contributed by atoms with Gasteiger partial charge in [-0.3, -0.25) is 0 Å². The predicted octanol–water partition coefficient (Wildman–Crippen LogP) is 3.72. The summed E-state index contributed by atoms with van der Waals surface area (Å²) >= 11 is 2.01. The van der Waals surface area contributed by atoms with Gasteiger partial charge in [-0.2, -0.15) is 11.8 Å². The molecule has 0 aromatic heterocycles. The molecule has 0 unspecified atom stereocenters. The van der Waals surface area contributed by atoms with Crippen LogP contribution in [0.3, 0.4) is 0 Å². The second kappa shape index (κ2) is 9.77. The first-order valence-electron chi connectivity index (χ1n) is 10.5. The Morgan fingerprint density at radius 2 is 2.00 bits per heavy atom. The number of rotatable bonds is 8. The van der Waals surface area contributed by atoms with Gasteiger partial charge in [0, 0.05) is 24.0 Å². The van der Waals surface area contributed by atoms with E-state index in [1.807, 2.05) is 17.8 Å². The molecule has 3 saturated carbocycles. The molecular formula is C22H37NO2S. The van der Waals surface area contributed by atoms with E-state index in [9.17, 15) is 10.2 Å². The van der Waals surface area contributed by atoms with Crippen LogP contribution in [0.5, 0.6) is 0 Å². The van der Waals surface area contributed by atoms with E-state index in [1.54, 1.807) is 5.57 Å². The third kappa shape index (κ3) is 5.37. The van der Waals surface area contributed by atoms with Crippen LogP contribution in [0.1, 0.15) is 44.9 Å². The van der Waals surface area contributed by atoms with Crippen molar-refractivity contribution in [3.05, 3.63) is 23.8 Å². The van der Waals surface area contributed by atoms with Crippen molar-refractivity contribution >= 4 is 11.8 Å². The van der Waals surface area contributed by atoms with Gasteiger partial charge in [0.15, 0.2) is 0 Å². The van der Waals surface area contributed by atoms with Crippen molar-refractivity contribution in [2.45, 2.75) is 57.2 Å². The molecule has 3 aliphatic rings. The fraction of sp³-hybridized carbons (Fsp3) is 0.818. The second-order valence-electron chi connectivity index (χ2n) is 8.87. The molecule has 5 atom stereocenters. The molecule has 0 aromatic rings. The maximum atomic E-state index is 10.5. The number of thioether (sulfide) groups is 1. The lowest BCUT2D eigenvalue weighted by molar-refractivity contribution is 0.135. The molecule has 0 saturated heterocycles. The highest BCUT2D eigenvalue weighted by atomic mass is 32.2. The molecule has 0 radical (unpaired) electrons. The minimum atomic E-state index is -0.312. The van der Waals surface area contributed by atoms with Gasteiger partial charge in [0.1, 0.15) is 0 Å². The van der Waals surface area contributed by atoms with E-state index < -0.39 is 0 Å². The molecule has 0 aromatic carbocycles. The summed E-state index contributed by atoms with van der Waals surface area (Å²) in [6.45, 7) is 1.14. The van der Waals surface area contributed by atoms with Crippen molar-refractivity contribution in [2.24, 2.45) is 23.7 Å². The fourth-order valence-electron chi connectivity index (χ4n) is 5.15. The number of allylic oxidation sites excluding steroid dienone is 1. The smallest absolute Gasteiger partial charge is 0.0749 e. The van der Waals surface area contributed by atoms with Gasteiger partial charge < -0.3 is 15.1 Å². The Bertz CT molecular complexity index is 498. The van der Waals surface area contributed by atoms with Gasteiger partial charge >= 0.3 is 0 Å². The van der Waals surface area contributed by atoms with Crippen LogP contribution in [0.25, 0.3) is 0 Å². The van der Waals surface area contributed by atoms with Gasteiger partial charge in [-0.1, -0.05) is 36.6 Å². The number of aliphatic hydroxyl groups excluding tert-OH is 2. The topological polar surface area (TPSA) is 43.7 Å². The Kier molecular flexibility index (Phi) is 7.68. The summed E-state index contributed by atoms with van der Waals surface area (Å²) in [4.78, 5) is 2.23. The summed E-state index contributed by atoms with van der Waals surface area (Å²) in [5, 5.41) is 20.9. The third-order valence-corrected chi connectivity index (χ3v) is 7.57. The summed E-state index contributed by atoms with van der Waals surface area (Å²) in [6, 6.07) is 0. The van der Waals surface area contributed by atoms with Gasteiger partial charge in [-0.05, 0) is 64.0 Å². The van der Waals surface area contributed by atoms with Crippen molar-refractivity contribution in [2.75, 3.05) is 32.1 Å². The highest BCUT2D eigenvalue weighted by Gasteiger charge is 2.45. The van der Waals surface area contributed by atoms with E-state index in [1.165, 1.54) is 25.0 Å². The molecule has 3 rings (SSSR count). The molecule has 3 aliphatic carbocycles. The van der Waals surface area contributed by atoms with Gasteiger partial charge in [0.05, 0.1) is 12.2 Å². The minimum Gasteiger partial charge on any atom is -0.392 e. The Morgan fingerprint density at radius 3 is 2.73 bits per heavy atom. The summed E-state index contributed by atoms with van der Waals surface area (Å²) in [6.07, 6.45) is 14.2. The highest BCUT2D eigenvalue weighted by molar-refractivity contribution is 7.99. The molecule has 3 fully saturated rings. The van der Waals surface area contributed by atoms with E-state index >= 15 is 0 Å². The molecule has 0 heterocycles. The first-order chi connectivity index (χ1) is 12.5. The second-order valence-corrected chi connectivity index (χ2v) is 10.0. The molecule has 2 N–H and O–H groups in total. The Balaban J connectivity index is 1.48. The van der Waals surface area contributed by atoms with E-state index in [0.29, 0.717) is 17.8 Å². The summed E-state index contributed by atoms with van der Waals surface area (Å²) in [5.74, 6) is 4.21. The lowest BCUT2D eigenvalue weighted by Gasteiger charge is -2.19. The van der Waals surface area contributed by atoms with E-state index in [0.717, 1.165) is 38.0 Å². The standard InChI is InChI=1S/C22H37NO2S/c1-23(2)10-12-26-11-9-16-13-18-15-22(25)19(20(18)14-16)7-8-21(24)17-5-3-4-6-17/h7-9,17-22,24-25H,3-6,10-15H2,1-2H3/t18-,19+,20-,21+,22+/m0/s1. The van der Waals surface area contributed by atoms with Crippen LogP contribution >= 0.6 is 11.8 Å².